The minimum absolute atomic E-state index is 0.0571. The average molecular weight is 314 g/mol. The highest BCUT2D eigenvalue weighted by Crippen LogP contribution is 2.37. The molecule has 1 saturated carbocycles. The van der Waals surface area contributed by atoms with E-state index in [1.807, 2.05) is 47.4 Å². The molecule has 5 nitrogen and oxygen atoms in total. The fourth-order valence-corrected chi connectivity index (χ4v) is 3.27. The van der Waals surface area contributed by atoms with Gasteiger partial charge in [0, 0.05) is 12.6 Å². The number of carbonyl (C=O) groups is 2. The topological polar surface area (TPSA) is 69.6 Å². The molecule has 2 fully saturated rings. The van der Waals surface area contributed by atoms with E-state index in [1.54, 1.807) is 0 Å². The van der Waals surface area contributed by atoms with E-state index < -0.39 is 12.0 Å². The number of benzene rings is 1. The molecule has 2 aliphatic rings. The van der Waals surface area contributed by atoms with Gasteiger partial charge in [-0.2, -0.15) is 0 Å². The summed E-state index contributed by atoms with van der Waals surface area (Å²) in [5.74, 6) is -0.866. The molecule has 3 rings (SSSR count). The molecule has 1 saturated heterocycles. The van der Waals surface area contributed by atoms with Crippen LogP contribution < -0.4 is 5.32 Å². The van der Waals surface area contributed by atoms with Crippen LogP contribution in [0.4, 0.5) is 0 Å². The first kappa shape index (κ1) is 15.7. The number of likely N-dealkylation sites (tertiary alicyclic amines) is 1. The number of rotatable bonds is 6. The summed E-state index contributed by atoms with van der Waals surface area (Å²) in [6.07, 6.45) is 7.07. The van der Waals surface area contributed by atoms with E-state index in [1.165, 1.54) is 0 Å². The minimum Gasteiger partial charge on any atom is -0.480 e. The van der Waals surface area contributed by atoms with Crippen molar-refractivity contribution >= 4 is 18.0 Å². The first-order valence-corrected chi connectivity index (χ1v) is 8.16. The second kappa shape index (κ2) is 6.96. The van der Waals surface area contributed by atoms with Gasteiger partial charge in [0.2, 0.25) is 5.91 Å². The number of nitrogens with zero attached hydrogens (tertiary/aromatic N) is 1. The van der Waals surface area contributed by atoms with Gasteiger partial charge >= 0.3 is 5.97 Å². The largest absolute Gasteiger partial charge is 0.480 e. The van der Waals surface area contributed by atoms with Gasteiger partial charge in [-0.1, -0.05) is 42.5 Å². The summed E-state index contributed by atoms with van der Waals surface area (Å²) in [4.78, 5) is 25.6. The number of carboxylic acid groups (broad SMARTS) is 1. The lowest BCUT2D eigenvalue weighted by Crippen LogP contribution is -2.49. The molecule has 23 heavy (non-hydrogen) atoms. The molecule has 0 spiro atoms. The lowest BCUT2D eigenvalue weighted by molar-refractivity contribution is -0.143. The highest BCUT2D eigenvalue weighted by atomic mass is 16.4. The number of nitrogens with one attached hydrogen (secondary N) is 1. The molecule has 2 atom stereocenters. The smallest absolute Gasteiger partial charge is 0.320 e. The molecule has 5 heteroatoms. The lowest BCUT2D eigenvalue weighted by atomic mass is 10.2. The van der Waals surface area contributed by atoms with Gasteiger partial charge in [-0.25, -0.2) is 0 Å². The van der Waals surface area contributed by atoms with E-state index in [0.717, 1.165) is 18.4 Å². The fourth-order valence-electron chi connectivity index (χ4n) is 3.27. The molecule has 1 amide bonds. The number of carbonyl (C=O) groups excluding carboxylic acids is 1. The zero-order valence-corrected chi connectivity index (χ0v) is 13.0. The summed E-state index contributed by atoms with van der Waals surface area (Å²) in [5, 5.41) is 12.2. The number of amides is 1. The van der Waals surface area contributed by atoms with E-state index in [9.17, 15) is 14.7 Å². The maximum absolute atomic E-state index is 12.4. The van der Waals surface area contributed by atoms with Gasteiger partial charge < -0.3 is 10.4 Å². The van der Waals surface area contributed by atoms with Gasteiger partial charge in [-0.05, 0) is 31.2 Å². The molecule has 1 aromatic rings. The zero-order valence-electron chi connectivity index (χ0n) is 13.0. The quantitative estimate of drug-likeness (QED) is 0.841. The first-order chi connectivity index (χ1) is 11.2. The van der Waals surface area contributed by atoms with Crippen molar-refractivity contribution < 1.29 is 14.7 Å². The molecule has 0 bridgehead atoms. The second-order valence-electron chi connectivity index (χ2n) is 6.18. The Labute approximate surface area is 136 Å². The zero-order chi connectivity index (χ0) is 16.2. The van der Waals surface area contributed by atoms with E-state index in [-0.39, 0.29) is 18.0 Å². The number of aliphatic carboxylic acids is 1. The molecule has 2 unspecified atom stereocenters. The number of carboxylic acids is 1. The molecular weight excluding hydrogens is 292 g/mol. The Morgan fingerprint density at radius 3 is 2.48 bits per heavy atom. The summed E-state index contributed by atoms with van der Waals surface area (Å²) < 4.78 is 0. The molecule has 2 N–H and O–H groups in total. The van der Waals surface area contributed by atoms with Crippen molar-refractivity contribution in [2.24, 2.45) is 0 Å². The number of hydrogen-bond donors (Lipinski definition) is 2. The third-order valence-electron chi connectivity index (χ3n) is 4.49. The van der Waals surface area contributed by atoms with Crippen LogP contribution in [-0.2, 0) is 9.59 Å². The van der Waals surface area contributed by atoms with Gasteiger partial charge in [-0.15, -0.1) is 0 Å². The predicted molar refractivity (Wildman–Crippen MR) is 87.8 cm³/mol. The summed E-state index contributed by atoms with van der Waals surface area (Å²) in [6.45, 7) is 0.459. The minimum atomic E-state index is -0.809. The van der Waals surface area contributed by atoms with E-state index >= 15 is 0 Å². The first-order valence-electron chi connectivity index (χ1n) is 8.16. The fraction of sp³-hybridized carbons (Fsp3) is 0.444. The Balaban J connectivity index is 1.53. The van der Waals surface area contributed by atoms with E-state index in [0.29, 0.717) is 19.4 Å². The Kier molecular flexibility index (Phi) is 4.76. The van der Waals surface area contributed by atoms with Crippen molar-refractivity contribution in [1.29, 1.82) is 0 Å². The van der Waals surface area contributed by atoms with Gasteiger partial charge in [0.15, 0.2) is 0 Å². The SMILES string of the molecule is O=C(O)C1CCC(C(=O)NC/C=C/c2ccccc2)N1C1CC1. The Hall–Kier alpha value is -2.14. The van der Waals surface area contributed by atoms with Gasteiger partial charge in [0.25, 0.3) is 0 Å². The molecule has 0 radical (unpaired) electrons. The van der Waals surface area contributed by atoms with Crippen LogP contribution in [-0.4, -0.2) is 46.6 Å². The summed E-state index contributed by atoms with van der Waals surface area (Å²) in [5.41, 5.74) is 1.09. The Bertz CT molecular complexity index is 596. The number of hydrogen-bond acceptors (Lipinski definition) is 3. The van der Waals surface area contributed by atoms with E-state index in [2.05, 4.69) is 5.32 Å². The molecule has 1 aromatic carbocycles. The van der Waals surface area contributed by atoms with Crippen molar-refractivity contribution in [2.45, 2.75) is 43.8 Å². The van der Waals surface area contributed by atoms with Crippen molar-refractivity contribution in [3.8, 4) is 0 Å². The van der Waals surface area contributed by atoms with Gasteiger partial charge in [0.05, 0.1) is 6.04 Å². The molecule has 1 heterocycles. The Morgan fingerprint density at radius 2 is 1.83 bits per heavy atom. The van der Waals surface area contributed by atoms with Gasteiger partial charge in [-0.3, -0.25) is 14.5 Å². The van der Waals surface area contributed by atoms with Gasteiger partial charge in [0.1, 0.15) is 6.04 Å². The van der Waals surface area contributed by atoms with Crippen LogP contribution in [0.25, 0.3) is 6.08 Å². The monoisotopic (exact) mass is 314 g/mol. The van der Waals surface area contributed by atoms with Crippen molar-refractivity contribution in [3.63, 3.8) is 0 Å². The van der Waals surface area contributed by atoms with Crippen molar-refractivity contribution in [2.75, 3.05) is 6.54 Å². The maximum Gasteiger partial charge on any atom is 0.320 e. The normalized spacial score (nSPS) is 24.9. The lowest BCUT2D eigenvalue weighted by Gasteiger charge is -2.26. The second-order valence-corrected chi connectivity index (χ2v) is 6.18. The molecule has 0 aromatic heterocycles. The van der Waals surface area contributed by atoms with Crippen LogP contribution in [0.2, 0.25) is 0 Å². The van der Waals surface area contributed by atoms with Crippen LogP contribution in [0.5, 0.6) is 0 Å². The summed E-state index contributed by atoms with van der Waals surface area (Å²) >= 11 is 0. The summed E-state index contributed by atoms with van der Waals surface area (Å²) in [7, 11) is 0. The standard InChI is InChI=1S/C18H22N2O3/c21-17(19-12-4-7-13-5-2-1-3-6-13)15-10-11-16(18(22)23)20(15)14-8-9-14/h1-7,14-16H,8-12H2,(H,19,21)(H,22,23)/b7-4+. The highest BCUT2D eigenvalue weighted by Gasteiger charge is 2.48. The molecule has 1 aliphatic heterocycles. The van der Waals surface area contributed by atoms with Crippen LogP contribution in [0.3, 0.4) is 0 Å². The average Bonchev–Trinajstić information content (AvgIpc) is 3.30. The van der Waals surface area contributed by atoms with Crippen LogP contribution >= 0.6 is 0 Å². The highest BCUT2D eigenvalue weighted by molar-refractivity contribution is 5.84. The predicted octanol–water partition coefficient (Wildman–Crippen LogP) is 1.90. The third kappa shape index (κ3) is 3.79. The van der Waals surface area contributed by atoms with E-state index in [4.69, 9.17) is 0 Å². The Morgan fingerprint density at radius 1 is 1.13 bits per heavy atom. The van der Waals surface area contributed by atoms with Crippen LogP contribution in [0.1, 0.15) is 31.2 Å². The molecule has 1 aliphatic carbocycles. The van der Waals surface area contributed by atoms with Crippen molar-refractivity contribution in [3.05, 3.63) is 42.0 Å². The maximum atomic E-state index is 12.4. The third-order valence-corrected chi connectivity index (χ3v) is 4.49. The van der Waals surface area contributed by atoms with Crippen LogP contribution in [0, 0.1) is 0 Å². The molecular formula is C18H22N2O3. The summed E-state index contributed by atoms with van der Waals surface area (Å²) in [6, 6.07) is 9.38. The molecule has 122 valence electrons. The van der Waals surface area contributed by atoms with Crippen molar-refractivity contribution in [1.82, 2.24) is 10.2 Å². The van der Waals surface area contributed by atoms with Crippen LogP contribution in [0.15, 0.2) is 36.4 Å².